The number of nitrogens with two attached hydrogens (primary N) is 1. The Morgan fingerprint density at radius 2 is 2.25 bits per heavy atom. The Labute approximate surface area is 86.5 Å². The van der Waals surface area contributed by atoms with Crippen LogP contribution < -0.4 is 5.73 Å². The van der Waals surface area contributed by atoms with Crippen LogP contribution in [0.1, 0.15) is 32.6 Å². The lowest BCUT2D eigenvalue weighted by Gasteiger charge is -1.97. The highest BCUT2D eigenvalue weighted by atomic mass is 127. The molecule has 0 rings (SSSR count). The van der Waals surface area contributed by atoms with E-state index in [2.05, 4.69) is 34.3 Å². The maximum absolute atomic E-state index is 10.2. The van der Waals surface area contributed by atoms with Gasteiger partial charge in [-0.2, -0.15) is 0 Å². The summed E-state index contributed by atoms with van der Waals surface area (Å²) in [7, 11) is 0. The summed E-state index contributed by atoms with van der Waals surface area (Å²) in [4.78, 5) is 10.2. The standard InChI is InChI=1S/C8H14INO2/c1-2-3-4-5-7(9)6-12-8(10)11/h6H,2-5H2,1H3,(H2,10,11)/b7-6+. The molecule has 0 atom stereocenters. The predicted molar refractivity (Wildman–Crippen MR) is 56.9 cm³/mol. The Hall–Kier alpha value is -0.260. The van der Waals surface area contributed by atoms with E-state index in [-0.39, 0.29) is 0 Å². The third-order valence-corrected chi connectivity index (χ3v) is 2.12. The van der Waals surface area contributed by atoms with Crippen LogP contribution in [0.4, 0.5) is 4.79 Å². The molecule has 0 saturated heterocycles. The molecule has 0 aliphatic carbocycles. The van der Waals surface area contributed by atoms with Gasteiger partial charge >= 0.3 is 6.09 Å². The summed E-state index contributed by atoms with van der Waals surface area (Å²) in [5, 5.41) is 0. The number of hydrogen-bond donors (Lipinski definition) is 1. The topological polar surface area (TPSA) is 52.3 Å². The summed E-state index contributed by atoms with van der Waals surface area (Å²) in [6, 6.07) is 0. The third-order valence-electron chi connectivity index (χ3n) is 1.32. The van der Waals surface area contributed by atoms with Gasteiger partial charge in [-0.15, -0.1) is 0 Å². The molecule has 0 fully saturated rings. The minimum absolute atomic E-state index is 0.750. The molecule has 0 spiro atoms. The summed E-state index contributed by atoms with van der Waals surface area (Å²) in [6.45, 7) is 2.15. The molecule has 0 aromatic carbocycles. The van der Waals surface area contributed by atoms with Crippen molar-refractivity contribution in [3.05, 3.63) is 9.84 Å². The molecule has 0 saturated carbocycles. The average Bonchev–Trinajstić information content (AvgIpc) is 2.01. The molecule has 0 aromatic heterocycles. The lowest BCUT2D eigenvalue weighted by atomic mass is 10.2. The molecule has 0 heterocycles. The first-order valence-electron chi connectivity index (χ1n) is 3.97. The number of allylic oxidation sites excluding steroid dienone is 1. The summed E-state index contributed by atoms with van der Waals surface area (Å²) < 4.78 is 5.53. The van der Waals surface area contributed by atoms with Crippen molar-refractivity contribution < 1.29 is 9.53 Å². The number of halogens is 1. The molecule has 1 amide bonds. The number of amides is 1. The van der Waals surface area contributed by atoms with Gasteiger partial charge in [-0.05, 0) is 35.4 Å². The van der Waals surface area contributed by atoms with Crippen molar-refractivity contribution in [1.29, 1.82) is 0 Å². The van der Waals surface area contributed by atoms with E-state index in [9.17, 15) is 4.79 Å². The molecule has 0 unspecified atom stereocenters. The molecule has 0 aromatic rings. The van der Waals surface area contributed by atoms with Gasteiger partial charge in [0.15, 0.2) is 0 Å². The minimum atomic E-state index is -0.750. The quantitative estimate of drug-likeness (QED) is 0.479. The summed E-state index contributed by atoms with van der Waals surface area (Å²) >= 11 is 2.14. The SMILES string of the molecule is CCCCC/C(I)=C\OC(N)=O. The van der Waals surface area contributed by atoms with Crippen molar-refractivity contribution in [3.8, 4) is 0 Å². The van der Waals surface area contributed by atoms with E-state index in [1.165, 1.54) is 19.1 Å². The van der Waals surface area contributed by atoms with E-state index < -0.39 is 6.09 Å². The second-order valence-corrected chi connectivity index (χ2v) is 3.84. The van der Waals surface area contributed by atoms with Crippen LogP contribution in [0.3, 0.4) is 0 Å². The second kappa shape index (κ2) is 7.39. The first-order chi connectivity index (χ1) is 5.66. The van der Waals surface area contributed by atoms with Gasteiger partial charge in [0, 0.05) is 3.58 Å². The van der Waals surface area contributed by atoms with Crippen LogP contribution in [0, 0.1) is 0 Å². The molecule has 0 radical (unpaired) electrons. The fraction of sp³-hybridized carbons (Fsp3) is 0.625. The van der Waals surface area contributed by atoms with Crippen molar-refractivity contribution in [1.82, 2.24) is 0 Å². The first kappa shape index (κ1) is 11.7. The molecular formula is C8H14INO2. The number of carbonyl (C=O) groups is 1. The summed E-state index contributed by atoms with van der Waals surface area (Å²) in [6.07, 6.45) is 5.16. The smallest absolute Gasteiger partial charge is 0.409 e. The fourth-order valence-corrected chi connectivity index (χ4v) is 1.23. The fourth-order valence-electron chi connectivity index (χ4n) is 0.725. The van der Waals surface area contributed by atoms with Crippen LogP contribution in [0.5, 0.6) is 0 Å². The maximum atomic E-state index is 10.2. The Balaban J connectivity index is 3.49. The number of ether oxygens (including phenoxy) is 1. The highest BCUT2D eigenvalue weighted by Gasteiger charge is 1.94. The van der Waals surface area contributed by atoms with Gasteiger partial charge < -0.3 is 10.5 Å². The van der Waals surface area contributed by atoms with Gasteiger partial charge in [0.2, 0.25) is 0 Å². The predicted octanol–water partition coefficient (Wildman–Crippen LogP) is 2.94. The van der Waals surface area contributed by atoms with Crippen molar-refractivity contribution in [2.45, 2.75) is 32.6 Å². The largest absolute Gasteiger partial charge is 0.418 e. The first-order valence-corrected chi connectivity index (χ1v) is 5.05. The third kappa shape index (κ3) is 7.84. The number of unbranched alkanes of at least 4 members (excludes halogenated alkanes) is 2. The van der Waals surface area contributed by atoms with E-state index >= 15 is 0 Å². The number of rotatable bonds is 5. The van der Waals surface area contributed by atoms with Crippen molar-refractivity contribution in [2.75, 3.05) is 0 Å². The molecule has 0 bridgehead atoms. The number of carbonyl (C=O) groups excluding carboxylic acids is 1. The monoisotopic (exact) mass is 283 g/mol. The Kier molecular flexibility index (Phi) is 7.23. The number of hydrogen-bond acceptors (Lipinski definition) is 2. The van der Waals surface area contributed by atoms with Crippen LogP contribution in [0.25, 0.3) is 0 Å². The Morgan fingerprint density at radius 3 is 2.75 bits per heavy atom. The normalized spacial score (nSPS) is 11.3. The van der Waals surface area contributed by atoms with Gasteiger partial charge in [0.05, 0.1) is 0 Å². The van der Waals surface area contributed by atoms with Crippen molar-refractivity contribution in [3.63, 3.8) is 0 Å². The Morgan fingerprint density at radius 1 is 1.58 bits per heavy atom. The van der Waals surface area contributed by atoms with Crippen molar-refractivity contribution >= 4 is 28.7 Å². The lowest BCUT2D eigenvalue weighted by molar-refractivity contribution is 0.196. The van der Waals surface area contributed by atoms with Crippen LogP contribution in [0.2, 0.25) is 0 Å². The summed E-state index contributed by atoms with van der Waals surface area (Å²) in [5.41, 5.74) is 4.79. The van der Waals surface area contributed by atoms with Gasteiger partial charge in [0.25, 0.3) is 0 Å². The zero-order valence-corrected chi connectivity index (χ0v) is 9.34. The maximum Gasteiger partial charge on any atom is 0.409 e. The van der Waals surface area contributed by atoms with Crippen LogP contribution in [-0.2, 0) is 4.74 Å². The average molecular weight is 283 g/mol. The van der Waals surface area contributed by atoms with Gasteiger partial charge in [0.1, 0.15) is 6.26 Å². The van der Waals surface area contributed by atoms with Gasteiger partial charge in [-0.25, -0.2) is 4.79 Å². The van der Waals surface area contributed by atoms with E-state index in [0.29, 0.717) is 0 Å². The highest BCUT2D eigenvalue weighted by Crippen LogP contribution is 2.15. The van der Waals surface area contributed by atoms with Gasteiger partial charge in [-0.3, -0.25) is 0 Å². The summed E-state index contributed by atoms with van der Waals surface area (Å²) in [5.74, 6) is 0. The molecule has 0 aliphatic rings. The van der Waals surface area contributed by atoms with Crippen LogP contribution in [-0.4, -0.2) is 6.09 Å². The van der Waals surface area contributed by atoms with Gasteiger partial charge in [-0.1, -0.05) is 19.8 Å². The van der Waals surface area contributed by atoms with E-state index in [1.807, 2.05) is 0 Å². The van der Waals surface area contributed by atoms with Crippen molar-refractivity contribution in [2.24, 2.45) is 5.73 Å². The molecule has 0 aliphatic heterocycles. The van der Waals surface area contributed by atoms with Crippen LogP contribution >= 0.6 is 22.6 Å². The zero-order chi connectivity index (χ0) is 9.40. The lowest BCUT2D eigenvalue weighted by Crippen LogP contribution is -2.09. The molecule has 4 heteroatoms. The molecular weight excluding hydrogens is 269 g/mol. The van der Waals surface area contributed by atoms with E-state index in [1.54, 1.807) is 0 Å². The minimum Gasteiger partial charge on any atom is -0.418 e. The molecule has 2 N–H and O–H groups in total. The molecule has 12 heavy (non-hydrogen) atoms. The van der Waals surface area contributed by atoms with E-state index in [4.69, 9.17) is 5.73 Å². The highest BCUT2D eigenvalue weighted by molar-refractivity contribution is 14.1. The molecule has 70 valence electrons. The number of primary amides is 1. The second-order valence-electron chi connectivity index (χ2n) is 2.46. The zero-order valence-electron chi connectivity index (χ0n) is 7.18. The molecule has 3 nitrogen and oxygen atoms in total. The van der Waals surface area contributed by atoms with E-state index in [0.717, 1.165) is 16.4 Å². The van der Waals surface area contributed by atoms with Crippen LogP contribution in [0.15, 0.2) is 9.84 Å². The Bertz CT molecular complexity index is 168.